The molecule has 1 aromatic rings. The van der Waals surface area contributed by atoms with Crippen molar-refractivity contribution in [3.8, 4) is 11.1 Å². The highest BCUT2D eigenvalue weighted by molar-refractivity contribution is 6.29. The molecule has 1 N–H and O–H groups in total. The Bertz CT molecular complexity index is 814. The van der Waals surface area contributed by atoms with E-state index in [0.717, 1.165) is 22.0 Å². The molecule has 0 fully saturated rings. The Balaban J connectivity index is 2.50. The number of nitrogens with zero attached hydrogens (tertiary/aromatic N) is 1. The number of H-pyrrole nitrogens is 1. The summed E-state index contributed by atoms with van der Waals surface area (Å²) in [4.78, 5) is 14.9. The van der Waals surface area contributed by atoms with E-state index in [9.17, 15) is 4.79 Å². The lowest BCUT2D eigenvalue weighted by Crippen LogP contribution is -2.06. The first kappa shape index (κ1) is 12.8. The summed E-state index contributed by atoms with van der Waals surface area (Å²) < 4.78 is 1.65. The van der Waals surface area contributed by atoms with E-state index >= 15 is 0 Å². The summed E-state index contributed by atoms with van der Waals surface area (Å²) in [7, 11) is 0. The van der Waals surface area contributed by atoms with Crippen LogP contribution in [0.2, 0.25) is 5.15 Å². The maximum Gasteiger partial charge on any atom is 0.227 e. The van der Waals surface area contributed by atoms with E-state index in [1.165, 1.54) is 0 Å². The molecule has 0 spiro atoms. The van der Waals surface area contributed by atoms with Gasteiger partial charge in [0.05, 0.1) is 5.52 Å². The second-order valence-corrected chi connectivity index (χ2v) is 5.01. The fraction of sp³-hybridized carbons (Fsp3) is 0.0625. The molecule has 0 saturated carbocycles. The van der Waals surface area contributed by atoms with Crippen LogP contribution in [0.3, 0.4) is 0 Å². The third-order valence-corrected chi connectivity index (χ3v) is 3.45. The number of halogens is 1. The number of fused-ring (bicyclic) bond motifs is 2. The molecule has 0 aromatic heterocycles. The summed E-state index contributed by atoms with van der Waals surface area (Å²) >= 11 is 6.00. The van der Waals surface area contributed by atoms with Gasteiger partial charge in [-0.05, 0) is 23.1 Å². The van der Waals surface area contributed by atoms with Crippen LogP contribution in [0.1, 0.15) is 11.7 Å². The van der Waals surface area contributed by atoms with Crippen molar-refractivity contribution in [3.05, 3.63) is 60.0 Å². The lowest BCUT2D eigenvalue weighted by Gasteiger charge is -2.10. The summed E-state index contributed by atoms with van der Waals surface area (Å²) in [6.45, 7) is 1.55. The summed E-state index contributed by atoms with van der Waals surface area (Å²) in [6, 6.07) is 13.6. The molecule has 0 radical (unpaired) electrons. The third kappa shape index (κ3) is 2.28. The Morgan fingerprint density at radius 1 is 1.15 bits per heavy atom. The number of para-hydroxylation sites is 1. The van der Waals surface area contributed by atoms with Crippen molar-refractivity contribution in [2.75, 3.05) is 0 Å². The van der Waals surface area contributed by atoms with E-state index in [1.807, 2.05) is 54.9 Å². The first-order valence-electron chi connectivity index (χ1n) is 6.28. The lowest BCUT2D eigenvalue weighted by molar-refractivity contribution is 0.0941. The van der Waals surface area contributed by atoms with Crippen LogP contribution in [-0.2, 0) is 0 Å². The van der Waals surface area contributed by atoms with Crippen molar-refractivity contribution in [1.29, 1.82) is 0 Å². The molecule has 2 heterocycles. The van der Waals surface area contributed by atoms with E-state index in [0.29, 0.717) is 5.15 Å². The van der Waals surface area contributed by atoms with Gasteiger partial charge < -0.3 is 4.98 Å². The predicted octanol–water partition coefficient (Wildman–Crippen LogP) is 4.51. The maximum absolute atomic E-state index is 12.0. The SMILES string of the molecule is CC(=O)n1cc2cc(Cl)[nH]cc-2ccc2ccccc21. The molecule has 2 aliphatic rings. The van der Waals surface area contributed by atoms with Crippen LogP contribution in [0.5, 0.6) is 0 Å². The van der Waals surface area contributed by atoms with E-state index in [-0.39, 0.29) is 5.91 Å². The second kappa shape index (κ2) is 5.02. The second-order valence-electron chi connectivity index (χ2n) is 4.60. The zero-order valence-electron chi connectivity index (χ0n) is 10.9. The standard InChI is InChI=1S/C16H13ClN2O/c1-11(20)19-10-14-8-16(17)18-9-13(14)7-6-12-4-2-3-5-15(12)19/h2-10,18H,1H3. The van der Waals surface area contributed by atoms with Crippen LogP contribution < -0.4 is 0 Å². The highest BCUT2D eigenvalue weighted by Gasteiger charge is 2.05. The van der Waals surface area contributed by atoms with Gasteiger partial charge >= 0.3 is 0 Å². The molecular formula is C16H13ClN2O. The van der Waals surface area contributed by atoms with Gasteiger partial charge in [0.2, 0.25) is 5.91 Å². The van der Waals surface area contributed by atoms with Gasteiger partial charge in [0, 0.05) is 24.9 Å². The van der Waals surface area contributed by atoms with E-state index in [4.69, 9.17) is 11.6 Å². The van der Waals surface area contributed by atoms with Crippen molar-refractivity contribution >= 4 is 28.4 Å². The van der Waals surface area contributed by atoms with Crippen LogP contribution in [0.25, 0.3) is 22.0 Å². The number of hydrogen-bond donors (Lipinski definition) is 1. The Labute approximate surface area is 121 Å². The van der Waals surface area contributed by atoms with Crippen LogP contribution >= 0.6 is 11.6 Å². The van der Waals surface area contributed by atoms with Crippen LogP contribution in [0.15, 0.2) is 54.9 Å². The molecule has 0 amide bonds. The number of rotatable bonds is 0. The zero-order valence-corrected chi connectivity index (χ0v) is 11.7. The number of aromatic nitrogens is 2. The van der Waals surface area contributed by atoms with Gasteiger partial charge in [-0.2, -0.15) is 0 Å². The Morgan fingerprint density at radius 3 is 2.75 bits per heavy atom. The van der Waals surface area contributed by atoms with Crippen LogP contribution in [0.4, 0.5) is 0 Å². The van der Waals surface area contributed by atoms with Gasteiger partial charge in [0.15, 0.2) is 0 Å². The van der Waals surface area contributed by atoms with Crippen molar-refractivity contribution in [3.63, 3.8) is 0 Å². The number of carbonyl (C=O) groups excluding carboxylic acids is 1. The van der Waals surface area contributed by atoms with Crippen LogP contribution in [-0.4, -0.2) is 15.5 Å². The Hall–Kier alpha value is -2.26. The molecule has 0 bridgehead atoms. The predicted molar refractivity (Wildman–Crippen MR) is 81.8 cm³/mol. The summed E-state index contributed by atoms with van der Waals surface area (Å²) in [5.41, 5.74) is 2.75. The van der Waals surface area contributed by atoms with Crippen molar-refractivity contribution in [2.45, 2.75) is 6.92 Å². The zero-order chi connectivity index (χ0) is 14.1. The molecule has 100 valence electrons. The fourth-order valence-corrected chi connectivity index (χ4v) is 2.42. The average molecular weight is 285 g/mol. The minimum absolute atomic E-state index is 0.0392. The molecule has 2 aliphatic heterocycles. The minimum atomic E-state index is -0.0392. The molecule has 0 unspecified atom stereocenters. The molecule has 4 heteroatoms. The van der Waals surface area contributed by atoms with Crippen molar-refractivity contribution in [1.82, 2.24) is 9.55 Å². The first-order valence-corrected chi connectivity index (χ1v) is 6.66. The molecule has 3 rings (SSSR count). The number of aromatic amines is 1. The molecule has 3 nitrogen and oxygen atoms in total. The van der Waals surface area contributed by atoms with E-state index in [2.05, 4.69) is 4.98 Å². The van der Waals surface area contributed by atoms with Gasteiger partial charge in [0.1, 0.15) is 5.15 Å². The fourth-order valence-electron chi connectivity index (χ4n) is 2.24. The summed E-state index contributed by atoms with van der Waals surface area (Å²) in [5.74, 6) is -0.0392. The topological polar surface area (TPSA) is 37.8 Å². The van der Waals surface area contributed by atoms with Gasteiger partial charge in [-0.15, -0.1) is 0 Å². The largest absolute Gasteiger partial charge is 0.352 e. The first-order chi connectivity index (χ1) is 9.65. The minimum Gasteiger partial charge on any atom is -0.352 e. The molecule has 0 saturated heterocycles. The number of benzene rings is 1. The Morgan fingerprint density at radius 2 is 1.95 bits per heavy atom. The molecule has 1 aromatic carbocycles. The van der Waals surface area contributed by atoms with E-state index < -0.39 is 0 Å². The third-order valence-electron chi connectivity index (χ3n) is 3.23. The molecule has 20 heavy (non-hydrogen) atoms. The van der Waals surface area contributed by atoms with Crippen molar-refractivity contribution < 1.29 is 4.79 Å². The summed E-state index contributed by atoms with van der Waals surface area (Å²) in [6.07, 6.45) is 3.65. The number of nitrogens with one attached hydrogen (secondary N) is 1. The van der Waals surface area contributed by atoms with E-state index in [1.54, 1.807) is 11.5 Å². The number of pyridine rings is 1. The molecule has 0 aliphatic carbocycles. The highest BCUT2D eigenvalue weighted by atomic mass is 35.5. The average Bonchev–Trinajstić information content (AvgIpc) is 2.41. The van der Waals surface area contributed by atoms with Gasteiger partial charge in [0.25, 0.3) is 0 Å². The molecule has 0 atom stereocenters. The van der Waals surface area contributed by atoms with Crippen molar-refractivity contribution in [2.24, 2.45) is 0 Å². The lowest BCUT2D eigenvalue weighted by atomic mass is 10.1. The smallest absolute Gasteiger partial charge is 0.227 e. The number of carbonyl (C=O) groups is 1. The quantitative estimate of drug-likeness (QED) is 0.606. The highest BCUT2D eigenvalue weighted by Crippen LogP contribution is 2.24. The summed E-state index contributed by atoms with van der Waals surface area (Å²) in [5, 5.41) is 1.53. The van der Waals surface area contributed by atoms with Gasteiger partial charge in [-0.3, -0.25) is 9.36 Å². The van der Waals surface area contributed by atoms with Gasteiger partial charge in [-0.1, -0.05) is 41.9 Å². The molecular weight excluding hydrogens is 272 g/mol. The van der Waals surface area contributed by atoms with Gasteiger partial charge in [-0.25, -0.2) is 0 Å². The monoisotopic (exact) mass is 284 g/mol. The van der Waals surface area contributed by atoms with Crippen LogP contribution in [0, 0.1) is 0 Å². The maximum atomic E-state index is 12.0. The Kier molecular flexibility index (Phi) is 3.20. The normalized spacial score (nSPS) is 10.7. The number of hydrogen-bond acceptors (Lipinski definition) is 1.